The van der Waals surface area contributed by atoms with Gasteiger partial charge in [-0.05, 0) is 36.3 Å². The van der Waals surface area contributed by atoms with Crippen LogP contribution < -0.4 is 10.6 Å². The third-order valence-corrected chi connectivity index (χ3v) is 6.70. The van der Waals surface area contributed by atoms with Crippen molar-refractivity contribution in [3.05, 3.63) is 71.8 Å². The zero-order valence-corrected chi connectivity index (χ0v) is 19.2. The van der Waals surface area contributed by atoms with Crippen molar-refractivity contribution in [1.82, 2.24) is 20.4 Å². The summed E-state index contributed by atoms with van der Waals surface area (Å²) in [7, 11) is 0. The van der Waals surface area contributed by atoms with Crippen LogP contribution in [0.2, 0.25) is 0 Å². The van der Waals surface area contributed by atoms with E-state index < -0.39 is 5.54 Å². The predicted molar refractivity (Wildman–Crippen MR) is 129 cm³/mol. The fourth-order valence-corrected chi connectivity index (χ4v) is 4.77. The maximum atomic E-state index is 13.9. The lowest BCUT2D eigenvalue weighted by molar-refractivity contribution is -0.130. The standard InChI is InChI=1S/C26H33N5O2/c1-2-3-16-28-25(33)30-17-14-20(15-18-30)19-31-23(32)26(29-24(31)27,21-10-6-4-7-11-21)22-12-8-5-9-13-22/h4-13,20H,2-3,14-19H2,1H3,(H2,27,29)(H,28,33). The highest BCUT2D eigenvalue weighted by atomic mass is 16.2. The molecule has 0 spiro atoms. The smallest absolute Gasteiger partial charge is 0.317 e. The monoisotopic (exact) mass is 447 g/mol. The van der Waals surface area contributed by atoms with Crippen LogP contribution in [0.25, 0.3) is 0 Å². The molecule has 0 bridgehead atoms. The second kappa shape index (κ2) is 10.1. The lowest BCUT2D eigenvalue weighted by Crippen LogP contribution is -2.47. The topological polar surface area (TPSA) is 88.5 Å². The van der Waals surface area contributed by atoms with Crippen LogP contribution >= 0.6 is 0 Å². The maximum Gasteiger partial charge on any atom is 0.317 e. The normalized spacial score (nSPS) is 18.3. The number of rotatable bonds is 7. The highest BCUT2D eigenvalue weighted by Gasteiger charge is 2.52. The third kappa shape index (κ3) is 4.58. The van der Waals surface area contributed by atoms with Crippen LogP contribution in [0, 0.1) is 11.3 Å². The van der Waals surface area contributed by atoms with E-state index in [1.807, 2.05) is 65.6 Å². The lowest BCUT2D eigenvalue weighted by Gasteiger charge is -2.34. The molecule has 2 aromatic carbocycles. The van der Waals surface area contributed by atoms with Gasteiger partial charge in [-0.2, -0.15) is 0 Å². The molecule has 2 aromatic rings. The van der Waals surface area contributed by atoms with E-state index in [9.17, 15) is 9.59 Å². The molecule has 2 aliphatic heterocycles. The minimum Gasteiger partial charge on any atom is -0.338 e. The summed E-state index contributed by atoms with van der Waals surface area (Å²) in [5.41, 5.74) is 0.554. The van der Waals surface area contributed by atoms with Gasteiger partial charge in [-0.15, -0.1) is 0 Å². The first kappa shape index (κ1) is 22.8. The average Bonchev–Trinajstić information content (AvgIpc) is 3.11. The van der Waals surface area contributed by atoms with Gasteiger partial charge in [-0.1, -0.05) is 74.0 Å². The van der Waals surface area contributed by atoms with Crippen molar-refractivity contribution in [2.45, 2.75) is 38.1 Å². The Labute approximate surface area is 195 Å². The molecule has 2 saturated heterocycles. The lowest BCUT2D eigenvalue weighted by atomic mass is 9.82. The van der Waals surface area contributed by atoms with Gasteiger partial charge < -0.3 is 15.5 Å². The molecule has 0 aromatic heterocycles. The molecule has 2 heterocycles. The third-order valence-electron chi connectivity index (χ3n) is 6.70. The summed E-state index contributed by atoms with van der Waals surface area (Å²) in [6.07, 6.45) is 3.68. The van der Waals surface area contributed by atoms with Crippen LogP contribution in [0.5, 0.6) is 0 Å². The predicted octanol–water partition coefficient (Wildman–Crippen LogP) is 3.52. The Morgan fingerprint density at radius 3 is 2.18 bits per heavy atom. The van der Waals surface area contributed by atoms with Gasteiger partial charge in [0.25, 0.3) is 5.91 Å². The first-order chi connectivity index (χ1) is 16.1. The minimum absolute atomic E-state index is 0.000677. The van der Waals surface area contributed by atoms with Crippen LogP contribution in [0.15, 0.2) is 60.7 Å². The number of unbranched alkanes of at least 4 members (excludes halogenated alkanes) is 1. The van der Waals surface area contributed by atoms with E-state index in [1.165, 1.54) is 0 Å². The van der Waals surface area contributed by atoms with Crippen molar-refractivity contribution >= 4 is 17.9 Å². The molecule has 174 valence electrons. The Bertz CT molecular complexity index is 931. The van der Waals surface area contributed by atoms with Gasteiger partial charge >= 0.3 is 6.03 Å². The van der Waals surface area contributed by atoms with Crippen molar-refractivity contribution in [3.8, 4) is 0 Å². The fraction of sp³-hybridized carbons (Fsp3) is 0.423. The number of nitrogens with zero attached hydrogens (tertiary/aromatic N) is 2. The van der Waals surface area contributed by atoms with Crippen molar-refractivity contribution in [2.24, 2.45) is 5.92 Å². The Balaban J connectivity index is 1.47. The molecular weight excluding hydrogens is 414 g/mol. The number of amides is 3. The first-order valence-corrected chi connectivity index (χ1v) is 11.9. The van der Waals surface area contributed by atoms with Gasteiger partial charge in [0.05, 0.1) is 0 Å². The molecular formula is C26H33N5O2. The maximum absolute atomic E-state index is 13.9. The summed E-state index contributed by atoms with van der Waals surface area (Å²) < 4.78 is 0. The number of urea groups is 1. The highest BCUT2D eigenvalue weighted by Crippen LogP contribution is 2.36. The number of guanidine groups is 1. The molecule has 2 aliphatic rings. The number of hydrogen-bond donors (Lipinski definition) is 3. The van der Waals surface area contributed by atoms with Crippen LogP contribution in [0.3, 0.4) is 0 Å². The number of likely N-dealkylation sites (tertiary alicyclic amines) is 1. The minimum atomic E-state index is -1.10. The highest BCUT2D eigenvalue weighted by molar-refractivity contribution is 6.10. The van der Waals surface area contributed by atoms with Gasteiger partial charge in [0.15, 0.2) is 11.5 Å². The van der Waals surface area contributed by atoms with Crippen molar-refractivity contribution in [3.63, 3.8) is 0 Å². The Morgan fingerprint density at radius 2 is 1.64 bits per heavy atom. The van der Waals surface area contributed by atoms with E-state index in [2.05, 4.69) is 17.6 Å². The van der Waals surface area contributed by atoms with Gasteiger partial charge in [-0.25, -0.2) is 4.79 Å². The molecule has 3 amide bonds. The van der Waals surface area contributed by atoms with E-state index in [-0.39, 0.29) is 23.8 Å². The van der Waals surface area contributed by atoms with Crippen LogP contribution in [-0.2, 0) is 10.3 Å². The largest absolute Gasteiger partial charge is 0.338 e. The average molecular weight is 448 g/mol. The fourth-order valence-electron chi connectivity index (χ4n) is 4.77. The van der Waals surface area contributed by atoms with Gasteiger partial charge in [0.1, 0.15) is 0 Å². The molecule has 0 unspecified atom stereocenters. The molecule has 0 aliphatic carbocycles. The summed E-state index contributed by atoms with van der Waals surface area (Å²) in [6, 6.07) is 19.3. The number of carbonyl (C=O) groups excluding carboxylic acids is 2. The molecule has 2 fully saturated rings. The Hall–Kier alpha value is -3.35. The van der Waals surface area contributed by atoms with Crippen molar-refractivity contribution in [1.29, 1.82) is 5.41 Å². The zero-order chi connectivity index (χ0) is 23.3. The van der Waals surface area contributed by atoms with E-state index >= 15 is 0 Å². The Morgan fingerprint density at radius 1 is 1.06 bits per heavy atom. The summed E-state index contributed by atoms with van der Waals surface area (Å²) in [4.78, 5) is 29.7. The van der Waals surface area contributed by atoms with Gasteiger partial charge in [-0.3, -0.25) is 15.1 Å². The molecule has 3 N–H and O–H groups in total. The molecule has 0 saturated carbocycles. The van der Waals surface area contributed by atoms with E-state index in [4.69, 9.17) is 5.41 Å². The van der Waals surface area contributed by atoms with Crippen LogP contribution in [0.4, 0.5) is 4.79 Å². The summed E-state index contributed by atoms with van der Waals surface area (Å²) in [5.74, 6) is 0.259. The van der Waals surface area contributed by atoms with Crippen LogP contribution in [0.1, 0.15) is 43.7 Å². The SMILES string of the molecule is CCCCNC(=O)N1CCC(CN2C(=N)NC(c3ccccc3)(c3ccccc3)C2=O)CC1. The second-order valence-corrected chi connectivity index (χ2v) is 8.89. The van der Waals surface area contributed by atoms with E-state index in [1.54, 1.807) is 4.90 Å². The summed E-state index contributed by atoms with van der Waals surface area (Å²) >= 11 is 0. The van der Waals surface area contributed by atoms with Crippen molar-refractivity contribution in [2.75, 3.05) is 26.2 Å². The first-order valence-electron chi connectivity index (χ1n) is 11.9. The van der Waals surface area contributed by atoms with Gasteiger partial charge in [0, 0.05) is 26.2 Å². The molecule has 7 nitrogen and oxygen atoms in total. The number of benzene rings is 2. The van der Waals surface area contributed by atoms with Gasteiger partial charge in [0.2, 0.25) is 0 Å². The molecule has 0 radical (unpaired) electrons. The number of nitrogens with one attached hydrogen (secondary N) is 3. The Kier molecular flexibility index (Phi) is 6.96. The number of carbonyl (C=O) groups is 2. The number of hydrogen-bond acceptors (Lipinski definition) is 3. The number of piperidine rings is 1. The molecule has 7 heteroatoms. The molecule has 0 atom stereocenters. The van der Waals surface area contributed by atoms with E-state index in [0.717, 1.165) is 36.8 Å². The van der Waals surface area contributed by atoms with E-state index in [0.29, 0.717) is 26.2 Å². The van der Waals surface area contributed by atoms with Crippen molar-refractivity contribution < 1.29 is 9.59 Å². The quantitative estimate of drug-likeness (QED) is 0.568. The zero-order valence-electron chi connectivity index (χ0n) is 19.2. The second-order valence-electron chi connectivity index (χ2n) is 8.89. The van der Waals surface area contributed by atoms with Crippen LogP contribution in [-0.4, -0.2) is 53.9 Å². The summed E-state index contributed by atoms with van der Waals surface area (Å²) in [6.45, 7) is 4.65. The molecule has 4 rings (SSSR count). The molecule has 33 heavy (non-hydrogen) atoms. The summed E-state index contributed by atoms with van der Waals surface area (Å²) in [5, 5.41) is 14.8.